The van der Waals surface area contributed by atoms with Gasteiger partial charge in [0, 0.05) is 19.0 Å². The van der Waals surface area contributed by atoms with Crippen LogP contribution in [0.25, 0.3) is 0 Å². The van der Waals surface area contributed by atoms with E-state index in [9.17, 15) is 14.7 Å². The third-order valence-electron chi connectivity index (χ3n) is 5.60. The molecule has 6 nitrogen and oxygen atoms in total. The number of hydrogen-bond acceptors (Lipinski definition) is 5. The number of carbonyl (C=O) groups is 2. The second kappa shape index (κ2) is 9.44. The van der Waals surface area contributed by atoms with Crippen LogP contribution in [0, 0.1) is 5.92 Å². The van der Waals surface area contributed by atoms with E-state index in [1.807, 2.05) is 31.2 Å². The van der Waals surface area contributed by atoms with Crippen molar-refractivity contribution in [3.05, 3.63) is 41.2 Å². The van der Waals surface area contributed by atoms with Crippen LogP contribution in [0.4, 0.5) is 0 Å². The van der Waals surface area contributed by atoms with Crippen molar-refractivity contribution in [3.8, 4) is 5.75 Å². The minimum absolute atomic E-state index is 0.190. The Morgan fingerprint density at radius 2 is 1.97 bits per heavy atom. The summed E-state index contributed by atoms with van der Waals surface area (Å²) in [5.41, 5.74) is 1.00. The highest BCUT2D eigenvalue weighted by Gasteiger charge is 2.44. The zero-order valence-electron chi connectivity index (χ0n) is 17.7. The van der Waals surface area contributed by atoms with Crippen molar-refractivity contribution < 1.29 is 19.4 Å². The Balaban J connectivity index is 1.93. The van der Waals surface area contributed by atoms with Gasteiger partial charge in [0.15, 0.2) is 11.5 Å². The van der Waals surface area contributed by atoms with E-state index < -0.39 is 17.7 Å². The van der Waals surface area contributed by atoms with Crippen molar-refractivity contribution >= 4 is 11.7 Å². The second-order valence-corrected chi connectivity index (χ2v) is 8.15. The van der Waals surface area contributed by atoms with Crippen LogP contribution >= 0.6 is 0 Å². The second-order valence-electron chi connectivity index (χ2n) is 8.15. The fourth-order valence-corrected chi connectivity index (χ4v) is 4.04. The van der Waals surface area contributed by atoms with E-state index in [2.05, 4.69) is 4.90 Å². The van der Waals surface area contributed by atoms with Crippen LogP contribution in [0.3, 0.4) is 0 Å². The molecule has 0 aromatic heterocycles. The molecule has 0 saturated carbocycles. The number of likely N-dealkylation sites (tertiary alicyclic amines) is 1. The average molecular weight is 401 g/mol. The lowest BCUT2D eigenvalue weighted by molar-refractivity contribution is -0.129. The number of amides is 1. The SMILES string of the molecule is CCCOc1cccc(C2C(C(=O)C(C)C)=C(O)C(=O)N2CCN2CCCC2)c1. The monoisotopic (exact) mass is 400 g/mol. The van der Waals surface area contributed by atoms with Crippen molar-refractivity contribution in [2.75, 3.05) is 32.8 Å². The Kier molecular flexibility index (Phi) is 6.96. The van der Waals surface area contributed by atoms with Gasteiger partial charge in [0.2, 0.25) is 0 Å². The number of aliphatic hydroxyl groups excluding tert-OH is 1. The average Bonchev–Trinajstić information content (AvgIpc) is 3.31. The summed E-state index contributed by atoms with van der Waals surface area (Å²) in [4.78, 5) is 29.8. The smallest absolute Gasteiger partial charge is 0.290 e. The Morgan fingerprint density at radius 1 is 1.24 bits per heavy atom. The van der Waals surface area contributed by atoms with Crippen molar-refractivity contribution in [1.29, 1.82) is 0 Å². The van der Waals surface area contributed by atoms with Gasteiger partial charge in [0.05, 0.1) is 18.2 Å². The van der Waals surface area contributed by atoms with Crippen molar-refractivity contribution in [3.63, 3.8) is 0 Å². The number of ether oxygens (including phenoxy) is 1. The number of benzene rings is 1. The molecular weight excluding hydrogens is 368 g/mol. The van der Waals surface area contributed by atoms with E-state index in [-0.39, 0.29) is 17.3 Å². The minimum Gasteiger partial charge on any atom is -0.503 e. The molecule has 1 amide bonds. The summed E-state index contributed by atoms with van der Waals surface area (Å²) in [6.45, 7) is 9.50. The van der Waals surface area contributed by atoms with Crippen molar-refractivity contribution in [2.45, 2.75) is 46.1 Å². The molecule has 1 N–H and O–H groups in total. The van der Waals surface area contributed by atoms with Gasteiger partial charge in [-0.25, -0.2) is 0 Å². The fraction of sp³-hybridized carbons (Fsp3) is 0.565. The maximum absolute atomic E-state index is 12.9. The van der Waals surface area contributed by atoms with Crippen LogP contribution in [0.5, 0.6) is 5.75 Å². The summed E-state index contributed by atoms with van der Waals surface area (Å²) in [5.74, 6) is -0.656. The summed E-state index contributed by atoms with van der Waals surface area (Å²) in [6.07, 6.45) is 3.25. The Morgan fingerprint density at radius 3 is 2.62 bits per heavy atom. The van der Waals surface area contributed by atoms with Gasteiger partial charge in [0.1, 0.15) is 5.75 Å². The number of ketones is 1. The Hall–Kier alpha value is -2.34. The molecule has 0 bridgehead atoms. The topological polar surface area (TPSA) is 70.1 Å². The molecule has 6 heteroatoms. The van der Waals surface area contributed by atoms with Crippen LogP contribution in [0.15, 0.2) is 35.6 Å². The number of nitrogens with zero attached hydrogens (tertiary/aromatic N) is 2. The molecule has 1 fully saturated rings. The van der Waals surface area contributed by atoms with E-state index in [1.54, 1.807) is 18.7 Å². The summed E-state index contributed by atoms with van der Waals surface area (Å²) in [6, 6.07) is 6.94. The quantitative estimate of drug-likeness (QED) is 0.687. The van der Waals surface area contributed by atoms with Crippen LogP contribution in [0.2, 0.25) is 0 Å². The third-order valence-corrected chi connectivity index (χ3v) is 5.60. The molecule has 0 radical (unpaired) electrons. The molecule has 2 aliphatic heterocycles. The molecule has 1 atom stereocenters. The first kappa shape index (κ1) is 21.4. The Bertz CT molecular complexity index is 781. The third kappa shape index (κ3) is 4.64. The van der Waals surface area contributed by atoms with Crippen molar-refractivity contribution in [2.24, 2.45) is 5.92 Å². The van der Waals surface area contributed by atoms with Gasteiger partial charge in [-0.3, -0.25) is 9.59 Å². The standard InChI is InChI=1S/C23H32N2O4/c1-4-14-29-18-9-7-8-17(15-18)20-19(21(26)16(2)3)22(27)23(28)25(20)13-12-24-10-5-6-11-24/h7-9,15-16,20,27H,4-6,10-14H2,1-3H3. The molecule has 29 heavy (non-hydrogen) atoms. The predicted molar refractivity (Wildman–Crippen MR) is 112 cm³/mol. The zero-order valence-corrected chi connectivity index (χ0v) is 17.7. The molecule has 1 aromatic rings. The molecule has 3 rings (SSSR count). The molecule has 1 unspecified atom stereocenters. The number of carbonyl (C=O) groups excluding carboxylic acids is 2. The van der Waals surface area contributed by atoms with Gasteiger partial charge >= 0.3 is 0 Å². The maximum atomic E-state index is 12.9. The summed E-state index contributed by atoms with van der Waals surface area (Å²) in [7, 11) is 0. The summed E-state index contributed by atoms with van der Waals surface area (Å²) >= 11 is 0. The largest absolute Gasteiger partial charge is 0.503 e. The molecule has 2 aliphatic rings. The van der Waals surface area contributed by atoms with Gasteiger partial charge in [-0.2, -0.15) is 0 Å². The van der Waals surface area contributed by atoms with Gasteiger partial charge in [-0.15, -0.1) is 0 Å². The van der Waals surface area contributed by atoms with E-state index in [1.165, 1.54) is 12.8 Å². The van der Waals surface area contributed by atoms with E-state index in [4.69, 9.17) is 4.74 Å². The summed E-state index contributed by atoms with van der Waals surface area (Å²) < 4.78 is 5.75. The van der Waals surface area contributed by atoms with Crippen LogP contribution < -0.4 is 4.74 Å². The normalized spacial score (nSPS) is 20.2. The highest BCUT2D eigenvalue weighted by molar-refractivity contribution is 6.09. The van der Waals surface area contributed by atoms with Gasteiger partial charge in [0.25, 0.3) is 5.91 Å². The first-order chi connectivity index (χ1) is 13.9. The van der Waals surface area contributed by atoms with Crippen LogP contribution in [-0.4, -0.2) is 59.4 Å². The van der Waals surface area contributed by atoms with Gasteiger partial charge in [-0.05, 0) is 50.0 Å². The zero-order chi connectivity index (χ0) is 21.0. The number of aliphatic hydroxyl groups is 1. The number of hydrogen-bond donors (Lipinski definition) is 1. The lowest BCUT2D eigenvalue weighted by Crippen LogP contribution is -2.38. The molecular formula is C23H32N2O4. The predicted octanol–water partition coefficient (Wildman–Crippen LogP) is 3.49. The molecule has 0 spiro atoms. The van der Waals surface area contributed by atoms with Crippen LogP contribution in [-0.2, 0) is 9.59 Å². The fourth-order valence-electron chi connectivity index (χ4n) is 4.04. The first-order valence-electron chi connectivity index (χ1n) is 10.7. The molecule has 158 valence electrons. The first-order valence-corrected chi connectivity index (χ1v) is 10.7. The summed E-state index contributed by atoms with van der Waals surface area (Å²) in [5, 5.41) is 10.6. The van der Waals surface area contributed by atoms with E-state index >= 15 is 0 Å². The van der Waals surface area contributed by atoms with E-state index in [0.717, 1.165) is 31.6 Å². The highest BCUT2D eigenvalue weighted by atomic mass is 16.5. The number of rotatable bonds is 9. The van der Waals surface area contributed by atoms with Crippen molar-refractivity contribution in [1.82, 2.24) is 9.80 Å². The highest BCUT2D eigenvalue weighted by Crippen LogP contribution is 2.39. The molecule has 2 heterocycles. The minimum atomic E-state index is -0.579. The lowest BCUT2D eigenvalue weighted by Gasteiger charge is -2.29. The molecule has 0 aliphatic carbocycles. The Labute approximate surface area is 173 Å². The number of Topliss-reactive ketones (excluding diaryl/α,β-unsaturated/α-hetero) is 1. The lowest BCUT2D eigenvalue weighted by atomic mass is 9.91. The molecule has 1 aromatic carbocycles. The van der Waals surface area contributed by atoms with Gasteiger partial charge < -0.3 is 19.6 Å². The van der Waals surface area contributed by atoms with Gasteiger partial charge in [-0.1, -0.05) is 32.9 Å². The maximum Gasteiger partial charge on any atom is 0.290 e. The van der Waals surface area contributed by atoms with Crippen LogP contribution in [0.1, 0.15) is 51.6 Å². The van der Waals surface area contributed by atoms with E-state index in [0.29, 0.717) is 18.9 Å². The molecule has 1 saturated heterocycles.